The zero-order valence-electron chi connectivity index (χ0n) is 11.8. The van der Waals surface area contributed by atoms with E-state index in [-0.39, 0.29) is 12.2 Å². The molecule has 2 heterocycles. The standard InChI is InChI=1S/C15H17N3O3/c1-10-14(7-16-17-15(10)20)18-8-11-2-3-13(21-5-4-19)6-12(11)9-18/h2-3,6-7,19H,4-5,8-9H2,1H3,(H,17,20). The number of aliphatic hydroxyl groups is 1. The zero-order valence-corrected chi connectivity index (χ0v) is 11.8. The number of ether oxygens (including phenoxy) is 1. The van der Waals surface area contributed by atoms with E-state index in [4.69, 9.17) is 9.84 Å². The van der Waals surface area contributed by atoms with Crippen LogP contribution in [0.5, 0.6) is 5.75 Å². The Morgan fingerprint density at radius 1 is 1.38 bits per heavy atom. The van der Waals surface area contributed by atoms with Gasteiger partial charge in [-0.05, 0) is 30.2 Å². The van der Waals surface area contributed by atoms with Crippen LogP contribution in [0.2, 0.25) is 0 Å². The summed E-state index contributed by atoms with van der Waals surface area (Å²) in [6.45, 7) is 3.56. The van der Waals surface area contributed by atoms with Crippen LogP contribution in [0.15, 0.2) is 29.2 Å². The molecular weight excluding hydrogens is 270 g/mol. The van der Waals surface area contributed by atoms with Crippen molar-refractivity contribution in [1.29, 1.82) is 0 Å². The maximum Gasteiger partial charge on any atom is 0.269 e. The lowest BCUT2D eigenvalue weighted by Gasteiger charge is -2.18. The average Bonchev–Trinajstić information content (AvgIpc) is 2.90. The lowest BCUT2D eigenvalue weighted by molar-refractivity contribution is 0.201. The van der Waals surface area contributed by atoms with Crippen molar-refractivity contribution in [3.8, 4) is 5.75 Å². The van der Waals surface area contributed by atoms with E-state index in [0.717, 1.165) is 24.5 Å². The molecule has 6 nitrogen and oxygen atoms in total. The van der Waals surface area contributed by atoms with Gasteiger partial charge < -0.3 is 14.7 Å². The summed E-state index contributed by atoms with van der Waals surface area (Å²) >= 11 is 0. The van der Waals surface area contributed by atoms with Gasteiger partial charge in [-0.25, -0.2) is 5.10 Å². The van der Waals surface area contributed by atoms with E-state index in [0.29, 0.717) is 12.2 Å². The third-order valence-corrected chi connectivity index (χ3v) is 3.68. The molecule has 0 amide bonds. The van der Waals surface area contributed by atoms with Crippen LogP contribution in [-0.2, 0) is 13.1 Å². The van der Waals surface area contributed by atoms with Gasteiger partial charge in [0.15, 0.2) is 0 Å². The number of aromatic nitrogens is 2. The molecule has 1 aliphatic heterocycles. The number of fused-ring (bicyclic) bond motifs is 1. The Morgan fingerprint density at radius 2 is 2.19 bits per heavy atom. The summed E-state index contributed by atoms with van der Waals surface area (Å²) < 4.78 is 5.43. The third kappa shape index (κ3) is 2.62. The summed E-state index contributed by atoms with van der Waals surface area (Å²) in [7, 11) is 0. The van der Waals surface area contributed by atoms with Crippen molar-refractivity contribution in [3.63, 3.8) is 0 Å². The maximum atomic E-state index is 11.7. The van der Waals surface area contributed by atoms with Crippen LogP contribution in [0.4, 0.5) is 5.69 Å². The van der Waals surface area contributed by atoms with Crippen molar-refractivity contribution in [2.75, 3.05) is 18.1 Å². The molecule has 0 saturated carbocycles. The number of benzene rings is 1. The molecule has 3 rings (SSSR count). The number of rotatable bonds is 4. The molecule has 2 N–H and O–H groups in total. The molecule has 21 heavy (non-hydrogen) atoms. The van der Waals surface area contributed by atoms with Crippen molar-refractivity contribution in [2.45, 2.75) is 20.0 Å². The summed E-state index contributed by atoms with van der Waals surface area (Å²) in [5, 5.41) is 15.1. The van der Waals surface area contributed by atoms with Crippen molar-refractivity contribution < 1.29 is 9.84 Å². The minimum atomic E-state index is -0.157. The van der Waals surface area contributed by atoms with Gasteiger partial charge in [-0.2, -0.15) is 5.10 Å². The fraction of sp³-hybridized carbons (Fsp3) is 0.333. The van der Waals surface area contributed by atoms with E-state index in [9.17, 15) is 4.79 Å². The van der Waals surface area contributed by atoms with Crippen LogP contribution in [0, 0.1) is 6.92 Å². The highest BCUT2D eigenvalue weighted by molar-refractivity contribution is 5.55. The molecule has 0 aliphatic carbocycles. The highest BCUT2D eigenvalue weighted by Gasteiger charge is 2.22. The lowest BCUT2D eigenvalue weighted by atomic mass is 10.1. The molecule has 0 fully saturated rings. The topological polar surface area (TPSA) is 78.5 Å². The van der Waals surface area contributed by atoms with Gasteiger partial charge in [0, 0.05) is 18.7 Å². The van der Waals surface area contributed by atoms with Crippen LogP contribution in [0.1, 0.15) is 16.7 Å². The van der Waals surface area contributed by atoms with E-state index in [1.165, 1.54) is 11.1 Å². The van der Waals surface area contributed by atoms with Gasteiger partial charge in [0.2, 0.25) is 0 Å². The number of anilines is 1. The first-order chi connectivity index (χ1) is 10.2. The molecule has 0 spiro atoms. The minimum absolute atomic E-state index is 0.000859. The molecule has 6 heteroatoms. The third-order valence-electron chi connectivity index (χ3n) is 3.68. The first kappa shape index (κ1) is 13.6. The van der Waals surface area contributed by atoms with E-state index < -0.39 is 0 Å². The number of hydrogen-bond acceptors (Lipinski definition) is 5. The summed E-state index contributed by atoms with van der Waals surface area (Å²) in [5.74, 6) is 0.755. The Balaban J connectivity index is 1.84. The zero-order chi connectivity index (χ0) is 14.8. The van der Waals surface area contributed by atoms with Crippen LogP contribution in [-0.4, -0.2) is 28.5 Å². The molecule has 0 radical (unpaired) electrons. The number of aromatic amines is 1. The first-order valence-corrected chi connectivity index (χ1v) is 6.83. The molecular formula is C15H17N3O3. The fourth-order valence-electron chi connectivity index (χ4n) is 2.56. The van der Waals surface area contributed by atoms with E-state index in [1.807, 2.05) is 18.2 Å². The number of hydrogen-bond donors (Lipinski definition) is 2. The van der Waals surface area contributed by atoms with E-state index in [1.54, 1.807) is 13.1 Å². The normalized spacial score (nSPS) is 13.3. The fourth-order valence-corrected chi connectivity index (χ4v) is 2.56. The number of H-pyrrole nitrogens is 1. The summed E-state index contributed by atoms with van der Waals surface area (Å²) in [5.41, 5.74) is 3.76. The second kappa shape index (κ2) is 5.57. The van der Waals surface area contributed by atoms with Gasteiger partial charge in [-0.3, -0.25) is 4.79 Å². The molecule has 0 unspecified atom stereocenters. The van der Waals surface area contributed by atoms with Gasteiger partial charge in [0.1, 0.15) is 12.4 Å². The Morgan fingerprint density at radius 3 is 3.00 bits per heavy atom. The van der Waals surface area contributed by atoms with Gasteiger partial charge in [0.05, 0.1) is 18.5 Å². The first-order valence-electron chi connectivity index (χ1n) is 6.83. The molecule has 0 atom stereocenters. The predicted molar refractivity (Wildman–Crippen MR) is 78.5 cm³/mol. The number of aliphatic hydroxyl groups excluding tert-OH is 1. The van der Waals surface area contributed by atoms with E-state index in [2.05, 4.69) is 15.1 Å². The van der Waals surface area contributed by atoms with Gasteiger partial charge >= 0.3 is 0 Å². The molecule has 1 aromatic carbocycles. The van der Waals surface area contributed by atoms with Crippen LogP contribution in [0.25, 0.3) is 0 Å². The minimum Gasteiger partial charge on any atom is -0.491 e. The highest BCUT2D eigenvalue weighted by atomic mass is 16.5. The Bertz CT molecular complexity index is 712. The van der Waals surface area contributed by atoms with Crippen LogP contribution < -0.4 is 15.2 Å². The second-order valence-electron chi connectivity index (χ2n) is 5.07. The Labute approximate surface area is 122 Å². The molecule has 2 aromatic rings. The lowest BCUT2D eigenvalue weighted by Crippen LogP contribution is -2.21. The van der Waals surface area contributed by atoms with Crippen LogP contribution in [0.3, 0.4) is 0 Å². The van der Waals surface area contributed by atoms with Crippen molar-refractivity contribution in [3.05, 3.63) is 51.4 Å². The highest BCUT2D eigenvalue weighted by Crippen LogP contribution is 2.30. The monoisotopic (exact) mass is 287 g/mol. The van der Waals surface area contributed by atoms with Crippen molar-refractivity contribution in [1.82, 2.24) is 10.2 Å². The van der Waals surface area contributed by atoms with E-state index >= 15 is 0 Å². The van der Waals surface area contributed by atoms with Gasteiger partial charge in [0.25, 0.3) is 5.56 Å². The van der Waals surface area contributed by atoms with Gasteiger partial charge in [-0.15, -0.1) is 0 Å². The summed E-state index contributed by atoms with van der Waals surface area (Å²) in [4.78, 5) is 13.8. The maximum absolute atomic E-state index is 11.7. The quantitative estimate of drug-likeness (QED) is 0.876. The largest absolute Gasteiger partial charge is 0.491 e. The average molecular weight is 287 g/mol. The molecule has 0 bridgehead atoms. The van der Waals surface area contributed by atoms with Crippen LogP contribution >= 0.6 is 0 Å². The Kier molecular flexibility index (Phi) is 3.62. The summed E-state index contributed by atoms with van der Waals surface area (Å²) in [6.07, 6.45) is 1.69. The Hall–Kier alpha value is -2.34. The smallest absolute Gasteiger partial charge is 0.269 e. The molecule has 0 saturated heterocycles. The molecule has 1 aromatic heterocycles. The summed E-state index contributed by atoms with van der Waals surface area (Å²) in [6, 6.07) is 5.92. The van der Waals surface area contributed by atoms with Crippen molar-refractivity contribution in [2.24, 2.45) is 0 Å². The second-order valence-corrected chi connectivity index (χ2v) is 5.07. The molecule has 1 aliphatic rings. The van der Waals surface area contributed by atoms with Gasteiger partial charge in [-0.1, -0.05) is 6.07 Å². The number of nitrogens with one attached hydrogen (secondary N) is 1. The number of nitrogens with zero attached hydrogens (tertiary/aromatic N) is 2. The predicted octanol–water partition coefficient (Wildman–Crippen LogP) is 0.970. The van der Waals surface area contributed by atoms with Crippen molar-refractivity contribution >= 4 is 5.69 Å². The SMILES string of the molecule is Cc1c(N2Cc3ccc(OCCO)cc3C2)cn[nH]c1=O. The molecule has 110 valence electrons.